The van der Waals surface area contributed by atoms with Crippen molar-refractivity contribution in [1.82, 2.24) is 5.32 Å². The van der Waals surface area contributed by atoms with Gasteiger partial charge in [-0.05, 0) is 98.7 Å². The van der Waals surface area contributed by atoms with E-state index in [0.717, 1.165) is 35.6 Å². The van der Waals surface area contributed by atoms with E-state index in [-0.39, 0.29) is 0 Å². The van der Waals surface area contributed by atoms with Crippen molar-refractivity contribution in [3.8, 4) is 0 Å². The molecule has 1 N–H and O–H groups in total. The van der Waals surface area contributed by atoms with Gasteiger partial charge in [-0.1, -0.05) is 51.7 Å². The molecule has 2 nitrogen and oxygen atoms in total. The van der Waals surface area contributed by atoms with E-state index in [1.54, 1.807) is 5.57 Å². The van der Waals surface area contributed by atoms with Gasteiger partial charge in [0.2, 0.25) is 0 Å². The Hall–Kier alpha value is -0.340. The number of ether oxygens (including phenoxy) is 1. The van der Waals surface area contributed by atoms with Crippen LogP contribution in [0.15, 0.2) is 12.2 Å². The van der Waals surface area contributed by atoms with Gasteiger partial charge in [-0.3, -0.25) is 0 Å². The fourth-order valence-corrected chi connectivity index (χ4v) is 9.70. The van der Waals surface area contributed by atoms with Crippen molar-refractivity contribution in [2.24, 2.45) is 40.9 Å². The summed E-state index contributed by atoms with van der Waals surface area (Å²) in [7, 11) is 0. The van der Waals surface area contributed by atoms with Crippen LogP contribution >= 0.6 is 0 Å². The van der Waals surface area contributed by atoms with Gasteiger partial charge in [-0.15, -0.1) is 0 Å². The first-order valence-corrected chi connectivity index (χ1v) is 13.6. The van der Waals surface area contributed by atoms with Gasteiger partial charge in [0.05, 0.1) is 12.2 Å². The lowest BCUT2D eigenvalue weighted by molar-refractivity contribution is 0.00876. The maximum absolute atomic E-state index is 6.76. The zero-order chi connectivity index (χ0) is 20.5. The molecule has 0 aromatic rings. The highest BCUT2D eigenvalue weighted by Crippen LogP contribution is 2.58. The lowest BCUT2D eigenvalue weighted by Crippen LogP contribution is -2.49. The van der Waals surface area contributed by atoms with Gasteiger partial charge in [0.25, 0.3) is 0 Å². The van der Waals surface area contributed by atoms with Gasteiger partial charge >= 0.3 is 0 Å². The zero-order valence-electron chi connectivity index (χ0n) is 19.6. The molecule has 6 fully saturated rings. The summed E-state index contributed by atoms with van der Waals surface area (Å²) in [6.07, 6.45) is 19.2. The molecule has 0 spiro atoms. The Balaban J connectivity index is 1.30. The summed E-state index contributed by atoms with van der Waals surface area (Å²) in [5.74, 6) is 5.03. The molecule has 2 heterocycles. The topological polar surface area (TPSA) is 21.3 Å². The molecule has 0 radical (unpaired) electrons. The minimum absolute atomic E-state index is 0.400. The number of fused-ring (bicyclic) bond motifs is 8. The Morgan fingerprint density at radius 1 is 0.800 bits per heavy atom. The van der Waals surface area contributed by atoms with E-state index in [1.165, 1.54) is 83.5 Å². The Kier molecular flexibility index (Phi) is 5.15. The Bertz CT molecular complexity index is 670. The van der Waals surface area contributed by atoms with E-state index in [1.807, 2.05) is 0 Å². The third-order valence-electron chi connectivity index (χ3n) is 11.0. The maximum Gasteiger partial charge on any atom is 0.0614 e. The van der Waals surface area contributed by atoms with Gasteiger partial charge in [0.1, 0.15) is 0 Å². The van der Waals surface area contributed by atoms with Crippen LogP contribution in [0.2, 0.25) is 0 Å². The predicted octanol–water partition coefficient (Wildman–Crippen LogP) is 6.50. The molecule has 6 aliphatic rings. The molecule has 0 aromatic carbocycles. The van der Waals surface area contributed by atoms with Gasteiger partial charge in [-0.25, -0.2) is 0 Å². The lowest BCUT2D eigenvalue weighted by Gasteiger charge is -2.49. The molecule has 168 valence electrons. The van der Waals surface area contributed by atoms with Crippen molar-refractivity contribution in [2.75, 3.05) is 0 Å². The average Bonchev–Trinajstić information content (AvgIpc) is 3.29. The van der Waals surface area contributed by atoms with Crippen LogP contribution in [-0.2, 0) is 4.74 Å². The summed E-state index contributed by atoms with van der Waals surface area (Å²) in [4.78, 5) is 0. The quantitative estimate of drug-likeness (QED) is 0.459. The Labute approximate surface area is 185 Å². The molecule has 2 heteroatoms. The fraction of sp³-hybridized carbons (Fsp3) is 0.929. The SMILES string of the molecule is C=C1CCC2OC3CCCCC3C2CC(C)(C)C2CCC3C4CCCCC4NC3C12. The van der Waals surface area contributed by atoms with Crippen LogP contribution in [0.3, 0.4) is 0 Å². The van der Waals surface area contributed by atoms with Crippen LogP contribution in [0.4, 0.5) is 0 Å². The van der Waals surface area contributed by atoms with Crippen LogP contribution in [-0.4, -0.2) is 24.3 Å². The minimum atomic E-state index is 0.400. The van der Waals surface area contributed by atoms with Gasteiger partial charge in [0, 0.05) is 12.1 Å². The number of hydrogen-bond donors (Lipinski definition) is 1. The first-order valence-electron chi connectivity index (χ1n) is 13.6. The van der Waals surface area contributed by atoms with Crippen molar-refractivity contribution >= 4 is 0 Å². The third-order valence-corrected chi connectivity index (χ3v) is 11.0. The van der Waals surface area contributed by atoms with E-state index < -0.39 is 0 Å². The normalized spacial score (nSPS) is 52.7. The van der Waals surface area contributed by atoms with Crippen LogP contribution in [0.5, 0.6) is 0 Å². The molecule has 6 rings (SSSR count). The highest BCUT2D eigenvalue weighted by Gasteiger charge is 2.56. The van der Waals surface area contributed by atoms with Crippen LogP contribution in [0.1, 0.15) is 97.3 Å². The minimum Gasteiger partial charge on any atom is -0.374 e. The summed E-state index contributed by atoms with van der Waals surface area (Å²) < 4.78 is 6.76. The molecular weight excluding hydrogens is 366 g/mol. The Morgan fingerprint density at radius 2 is 1.53 bits per heavy atom. The molecule has 4 saturated carbocycles. The molecular formula is C28H45NO. The summed E-state index contributed by atoms with van der Waals surface area (Å²) in [6, 6.07) is 1.52. The van der Waals surface area contributed by atoms with E-state index in [2.05, 4.69) is 19.2 Å². The predicted molar refractivity (Wildman–Crippen MR) is 123 cm³/mol. The molecule has 2 aliphatic heterocycles. The average molecular weight is 412 g/mol. The lowest BCUT2D eigenvalue weighted by atomic mass is 9.56. The van der Waals surface area contributed by atoms with E-state index in [4.69, 9.17) is 11.3 Å². The second kappa shape index (κ2) is 7.62. The van der Waals surface area contributed by atoms with Crippen LogP contribution in [0.25, 0.3) is 0 Å². The van der Waals surface area contributed by atoms with E-state index in [9.17, 15) is 0 Å². The largest absolute Gasteiger partial charge is 0.374 e. The summed E-state index contributed by atoms with van der Waals surface area (Å²) >= 11 is 0. The van der Waals surface area contributed by atoms with Gasteiger partial charge < -0.3 is 10.1 Å². The highest BCUT2D eigenvalue weighted by atomic mass is 16.5. The van der Waals surface area contributed by atoms with Crippen molar-refractivity contribution in [3.05, 3.63) is 12.2 Å². The van der Waals surface area contributed by atoms with Crippen molar-refractivity contribution < 1.29 is 4.74 Å². The maximum atomic E-state index is 6.76. The third kappa shape index (κ3) is 3.18. The first-order chi connectivity index (χ1) is 14.5. The molecule has 0 aromatic heterocycles. The summed E-state index contributed by atoms with van der Waals surface area (Å²) in [6.45, 7) is 10.0. The Morgan fingerprint density at radius 3 is 2.40 bits per heavy atom. The molecule has 4 aliphatic carbocycles. The molecule has 0 amide bonds. The van der Waals surface area contributed by atoms with Gasteiger partial charge in [-0.2, -0.15) is 0 Å². The second-order valence-corrected chi connectivity index (χ2v) is 12.8. The highest BCUT2D eigenvalue weighted by molar-refractivity contribution is 5.18. The molecule has 0 bridgehead atoms. The standard InChI is InChI=1S/C28H45NO/c1-17-12-15-25-21(19-9-5-7-11-24(19)30-25)16-28(2,3)22-14-13-20-18-8-4-6-10-23(18)29-27(20)26(17)22/h18-27,29H,1,4-16H2,2-3H3. The first kappa shape index (κ1) is 20.3. The zero-order valence-corrected chi connectivity index (χ0v) is 19.6. The van der Waals surface area contributed by atoms with Crippen LogP contribution in [0, 0.1) is 40.9 Å². The molecule has 2 saturated heterocycles. The molecule has 30 heavy (non-hydrogen) atoms. The van der Waals surface area contributed by atoms with E-state index in [0.29, 0.717) is 29.6 Å². The van der Waals surface area contributed by atoms with E-state index >= 15 is 0 Å². The van der Waals surface area contributed by atoms with Gasteiger partial charge in [0.15, 0.2) is 0 Å². The number of hydrogen-bond acceptors (Lipinski definition) is 2. The van der Waals surface area contributed by atoms with Crippen molar-refractivity contribution in [2.45, 2.75) is 122 Å². The monoisotopic (exact) mass is 411 g/mol. The fourth-order valence-electron chi connectivity index (χ4n) is 9.70. The smallest absolute Gasteiger partial charge is 0.0614 e. The summed E-state index contributed by atoms with van der Waals surface area (Å²) in [5, 5.41) is 4.23. The van der Waals surface area contributed by atoms with Crippen LogP contribution < -0.4 is 5.32 Å². The second-order valence-electron chi connectivity index (χ2n) is 12.8. The number of rotatable bonds is 0. The molecule has 10 unspecified atom stereocenters. The summed E-state index contributed by atoms with van der Waals surface area (Å²) in [5.41, 5.74) is 1.98. The number of nitrogens with one attached hydrogen (secondary N) is 1. The van der Waals surface area contributed by atoms with Crippen molar-refractivity contribution in [3.63, 3.8) is 0 Å². The van der Waals surface area contributed by atoms with Crippen molar-refractivity contribution in [1.29, 1.82) is 0 Å². The molecule has 10 atom stereocenters.